The van der Waals surface area contributed by atoms with E-state index in [9.17, 15) is 9.59 Å². The second-order valence-electron chi connectivity index (χ2n) is 7.77. The molecule has 1 saturated heterocycles. The van der Waals surface area contributed by atoms with E-state index < -0.39 is 5.97 Å². The Morgan fingerprint density at radius 1 is 1.16 bits per heavy atom. The van der Waals surface area contributed by atoms with Crippen molar-refractivity contribution in [2.24, 2.45) is 10.9 Å². The maximum atomic E-state index is 12.5. The molecule has 2 amide bonds. The van der Waals surface area contributed by atoms with Crippen molar-refractivity contribution in [1.82, 2.24) is 15.1 Å². The molecule has 0 unspecified atom stereocenters. The Morgan fingerprint density at radius 3 is 2.32 bits per heavy atom. The molecule has 3 rings (SSSR count). The highest BCUT2D eigenvalue weighted by atomic mass is 32.2. The molecule has 0 aromatic heterocycles. The highest BCUT2D eigenvalue weighted by Crippen LogP contribution is 2.33. The Labute approximate surface area is 153 Å². The lowest BCUT2D eigenvalue weighted by Crippen LogP contribution is -2.54. The van der Waals surface area contributed by atoms with Gasteiger partial charge >= 0.3 is 12.0 Å². The summed E-state index contributed by atoms with van der Waals surface area (Å²) in [6.45, 7) is 8.31. The van der Waals surface area contributed by atoms with Crippen molar-refractivity contribution < 1.29 is 14.7 Å². The number of carboxylic acid groups (broad SMARTS) is 1. The zero-order chi connectivity index (χ0) is 18.0. The second kappa shape index (κ2) is 7.43. The highest BCUT2D eigenvalue weighted by Gasteiger charge is 2.33. The third-order valence-electron chi connectivity index (χ3n) is 5.20. The number of carboxylic acids is 1. The summed E-state index contributed by atoms with van der Waals surface area (Å²) >= 11 is 1.82. The fourth-order valence-corrected chi connectivity index (χ4v) is 4.65. The Morgan fingerprint density at radius 2 is 1.80 bits per heavy atom. The molecule has 3 aliphatic rings. The van der Waals surface area contributed by atoms with E-state index in [1.165, 1.54) is 0 Å². The molecular formula is C17H28N4O3S. The first-order valence-corrected chi connectivity index (χ1v) is 9.92. The molecule has 1 aliphatic carbocycles. The van der Waals surface area contributed by atoms with Crippen LogP contribution in [0.5, 0.6) is 0 Å². The number of hydrogen-bond acceptors (Lipinski definition) is 5. The summed E-state index contributed by atoms with van der Waals surface area (Å²) in [5.41, 5.74) is 0. The van der Waals surface area contributed by atoms with Crippen LogP contribution in [-0.2, 0) is 4.79 Å². The predicted molar refractivity (Wildman–Crippen MR) is 99.0 cm³/mol. The maximum absolute atomic E-state index is 12.5. The minimum atomic E-state index is -0.711. The summed E-state index contributed by atoms with van der Waals surface area (Å²) < 4.78 is 0.179. The standard InChI is InChI=1S/C17H28N4O3S/c1-17(2)11-18-16(25-17)21-9-7-20(8-10-21)15(24)19-13-5-3-12(4-6-13)14(22)23/h12-13H,3-11H2,1-2H3,(H,19,24)(H,22,23). The van der Waals surface area contributed by atoms with Crippen LogP contribution in [0, 0.1) is 5.92 Å². The van der Waals surface area contributed by atoms with Crippen LogP contribution in [0.1, 0.15) is 39.5 Å². The molecule has 1 saturated carbocycles. The Hall–Kier alpha value is -1.44. The van der Waals surface area contributed by atoms with E-state index in [4.69, 9.17) is 5.11 Å². The van der Waals surface area contributed by atoms with Crippen LogP contribution >= 0.6 is 11.8 Å². The van der Waals surface area contributed by atoms with Crippen LogP contribution < -0.4 is 5.32 Å². The van der Waals surface area contributed by atoms with Crippen LogP contribution in [0.15, 0.2) is 4.99 Å². The molecule has 0 aromatic rings. The van der Waals surface area contributed by atoms with Gasteiger partial charge < -0.3 is 20.2 Å². The van der Waals surface area contributed by atoms with Gasteiger partial charge in [0.25, 0.3) is 0 Å². The molecule has 0 spiro atoms. The van der Waals surface area contributed by atoms with Gasteiger partial charge in [-0.3, -0.25) is 9.79 Å². The first-order chi connectivity index (χ1) is 11.8. The SMILES string of the molecule is CC1(C)CN=C(N2CCN(C(=O)NC3CCC(C(=O)O)CC3)CC2)S1. The second-order valence-corrected chi connectivity index (χ2v) is 9.45. The molecule has 0 atom stereocenters. The number of hydrogen-bond donors (Lipinski definition) is 2. The van der Waals surface area contributed by atoms with Gasteiger partial charge in [-0.2, -0.15) is 0 Å². The largest absolute Gasteiger partial charge is 0.481 e. The van der Waals surface area contributed by atoms with E-state index in [2.05, 4.69) is 29.1 Å². The van der Waals surface area contributed by atoms with Crippen molar-refractivity contribution in [3.05, 3.63) is 0 Å². The number of urea groups is 1. The van der Waals surface area contributed by atoms with Crippen molar-refractivity contribution >= 4 is 28.9 Å². The summed E-state index contributed by atoms with van der Waals surface area (Å²) in [6, 6.07) is 0.0939. The van der Waals surface area contributed by atoms with E-state index in [-0.39, 0.29) is 22.7 Å². The summed E-state index contributed by atoms with van der Waals surface area (Å²) in [5, 5.41) is 13.2. The monoisotopic (exact) mass is 368 g/mol. The molecule has 2 N–H and O–H groups in total. The van der Waals surface area contributed by atoms with Crippen molar-refractivity contribution in [2.45, 2.75) is 50.3 Å². The summed E-state index contributed by atoms with van der Waals surface area (Å²) in [4.78, 5) is 32.2. The quantitative estimate of drug-likeness (QED) is 0.777. The third-order valence-corrected chi connectivity index (χ3v) is 6.46. The summed E-state index contributed by atoms with van der Waals surface area (Å²) in [6.07, 6.45) is 2.82. The minimum Gasteiger partial charge on any atom is -0.481 e. The van der Waals surface area contributed by atoms with Gasteiger partial charge in [0.1, 0.15) is 0 Å². The molecule has 2 aliphatic heterocycles. The van der Waals surface area contributed by atoms with Gasteiger partial charge in [-0.05, 0) is 39.5 Å². The molecule has 0 bridgehead atoms. The molecule has 2 heterocycles. The number of amides is 2. The van der Waals surface area contributed by atoms with Gasteiger partial charge in [0.15, 0.2) is 5.17 Å². The van der Waals surface area contributed by atoms with Crippen LogP contribution in [0.2, 0.25) is 0 Å². The molecule has 25 heavy (non-hydrogen) atoms. The lowest BCUT2D eigenvalue weighted by atomic mass is 9.86. The average molecular weight is 369 g/mol. The minimum absolute atomic E-state index is 0.0141. The van der Waals surface area contributed by atoms with Crippen LogP contribution in [-0.4, -0.2) is 75.6 Å². The van der Waals surface area contributed by atoms with Crippen molar-refractivity contribution in [3.8, 4) is 0 Å². The Balaban J connectivity index is 1.41. The highest BCUT2D eigenvalue weighted by molar-refractivity contribution is 8.15. The number of rotatable bonds is 2. The molecule has 8 heteroatoms. The van der Waals surface area contributed by atoms with Crippen molar-refractivity contribution in [3.63, 3.8) is 0 Å². The number of aliphatic carboxylic acids is 1. The first kappa shape index (κ1) is 18.4. The van der Waals surface area contributed by atoms with Crippen LogP contribution in [0.4, 0.5) is 4.79 Å². The number of carbonyl (C=O) groups is 2. The van der Waals surface area contributed by atoms with Crippen molar-refractivity contribution in [1.29, 1.82) is 0 Å². The lowest BCUT2D eigenvalue weighted by molar-refractivity contribution is -0.142. The molecule has 0 radical (unpaired) electrons. The fraction of sp³-hybridized carbons (Fsp3) is 0.824. The zero-order valence-corrected chi connectivity index (χ0v) is 15.8. The maximum Gasteiger partial charge on any atom is 0.317 e. The lowest BCUT2D eigenvalue weighted by Gasteiger charge is -2.37. The predicted octanol–water partition coefficient (Wildman–Crippen LogP) is 1.84. The van der Waals surface area contributed by atoms with Gasteiger partial charge in [0.05, 0.1) is 12.5 Å². The van der Waals surface area contributed by atoms with Gasteiger partial charge in [-0.25, -0.2) is 4.79 Å². The topological polar surface area (TPSA) is 85.2 Å². The first-order valence-electron chi connectivity index (χ1n) is 9.11. The van der Waals surface area contributed by atoms with Gasteiger partial charge in [-0.1, -0.05) is 11.8 Å². The number of piperazine rings is 1. The number of carbonyl (C=O) groups excluding carboxylic acids is 1. The van der Waals surface area contributed by atoms with E-state index in [0.717, 1.165) is 37.6 Å². The van der Waals surface area contributed by atoms with E-state index in [1.54, 1.807) is 0 Å². The van der Waals surface area contributed by atoms with Gasteiger partial charge in [0.2, 0.25) is 0 Å². The smallest absolute Gasteiger partial charge is 0.317 e. The van der Waals surface area contributed by atoms with Crippen LogP contribution in [0.25, 0.3) is 0 Å². The average Bonchev–Trinajstić information content (AvgIpc) is 2.95. The third kappa shape index (κ3) is 4.59. The number of nitrogens with zero attached hydrogens (tertiary/aromatic N) is 3. The number of thioether (sulfide) groups is 1. The molecule has 2 fully saturated rings. The number of aliphatic imine (C=N–C) groups is 1. The molecular weight excluding hydrogens is 340 g/mol. The van der Waals surface area contributed by atoms with Gasteiger partial charge in [-0.15, -0.1) is 0 Å². The normalized spacial score (nSPS) is 29.3. The Kier molecular flexibility index (Phi) is 5.46. The zero-order valence-electron chi connectivity index (χ0n) is 15.0. The summed E-state index contributed by atoms with van der Waals surface area (Å²) in [5.74, 6) is -0.956. The van der Waals surface area contributed by atoms with Crippen LogP contribution in [0.3, 0.4) is 0 Å². The van der Waals surface area contributed by atoms with E-state index in [0.29, 0.717) is 25.9 Å². The fourth-order valence-electron chi connectivity index (χ4n) is 3.59. The molecule has 140 valence electrons. The Bertz CT molecular complexity index is 550. The van der Waals surface area contributed by atoms with Gasteiger partial charge in [0, 0.05) is 37.0 Å². The summed E-state index contributed by atoms with van der Waals surface area (Å²) in [7, 11) is 0. The van der Waals surface area contributed by atoms with E-state index in [1.807, 2.05) is 16.7 Å². The number of nitrogens with one attached hydrogen (secondary N) is 1. The molecule has 0 aromatic carbocycles. The molecule has 7 nitrogen and oxygen atoms in total. The van der Waals surface area contributed by atoms with Crippen molar-refractivity contribution in [2.75, 3.05) is 32.7 Å². The number of amidine groups is 1. The van der Waals surface area contributed by atoms with E-state index >= 15 is 0 Å².